The number of carbonyl (C=O) groups excluding carboxylic acids is 2. The number of carbonyl (C=O) groups is 2. The average molecular weight is 403 g/mol. The average Bonchev–Trinajstić information content (AvgIpc) is 2.62. The van der Waals surface area contributed by atoms with Crippen molar-refractivity contribution in [3.63, 3.8) is 0 Å². The molecule has 1 fully saturated rings. The first-order valence-corrected chi connectivity index (χ1v) is 9.18. The molecule has 146 valence electrons. The molecular formula is C20H19ClN2O5. The Kier molecular flexibility index (Phi) is 5.65. The molecule has 3 rings (SSSR count). The van der Waals surface area contributed by atoms with Gasteiger partial charge in [-0.2, -0.15) is 0 Å². The van der Waals surface area contributed by atoms with Crippen molar-refractivity contribution in [2.45, 2.75) is 31.6 Å². The molecule has 1 saturated carbocycles. The van der Waals surface area contributed by atoms with Crippen LogP contribution in [0.15, 0.2) is 42.5 Å². The van der Waals surface area contributed by atoms with Crippen LogP contribution >= 0.6 is 11.6 Å². The van der Waals surface area contributed by atoms with Gasteiger partial charge in [-0.1, -0.05) is 30.2 Å². The summed E-state index contributed by atoms with van der Waals surface area (Å²) in [6.45, 7) is 1.23. The number of anilines is 1. The molecule has 28 heavy (non-hydrogen) atoms. The van der Waals surface area contributed by atoms with Crippen LogP contribution in [0.4, 0.5) is 11.4 Å². The fraction of sp³-hybridized carbons (Fsp3) is 0.300. The highest BCUT2D eigenvalue weighted by molar-refractivity contribution is 6.30. The standard InChI is InChI=1S/C20H19ClN2O5/c1-13-11-16(23(26)27)7-8-17(13)22-18(24)12-28-19(25)20(9-2-10-20)14-3-5-15(21)6-4-14/h3-8,11H,2,9-10,12H2,1H3,(H,22,24). The second kappa shape index (κ2) is 7.98. The lowest BCUT2D eigenvalue weighted by Crippen LogP contribution is -2.44. The van der Waals surface area contributed by atoms with E-state index in [1.807, 2.05) is 12.1 Å². The van der Waals surface area contributed by atoms with E-state index < -0.39 is 28.8 Å². The summed E-state index contributed by atoms with van der Waals surface area (Å²) in [5.41, 5.74) is 1.03. The maximum atomic E-state index is 12.7. The molecule has 0 radical (unpaired) electrons. The molecule has 7 nitrogen and oxygen atoms in total. The van der Waals surface area contributed by atoms with E-state index in [0.717, 1.165) is 12.0 Å². The fourth-order valence-corrected chi connectivity index (χ4v) is 3.39. The van der Waals surface area contributed by atoms with Crippen LogP contribution < -0.4 is 5.32 Å². The molecule has 0 atom stereocenters. The maximum absolute atomic E-state index is 12.7. The summed E-state index contributed by atoms with van der Waals surface area (Å²) in [5, 5.41) is 14.0. The van der Waals surface area contributed by atoms with Gasteiger partial charge in [0.1, 0.15) is 0 Å². The SMILES string of the molecule is Cc1cc([N+](=O)[O-])ccc1NC(=O)COC(=O)C1(c2ccc(Cl)cc2)CCC1. The number of ether oxygens (including phenoxy) is 1. The van der Waals surface area contributed by atoms with Crippen LogP contribution in [0.1, 0.15) is 30.4 Å². The van der Waals surface area contributed by atoms with Gasteiger partial charge in [0, 0.05) is 22.8 Å². The zero-order valence-corrected chi connectivity index (χ0v) is 16.0. The molecule has 0 bridgehead atoms. The van der Waals surface area contributed by atoms with Gasteiger partial charge in [0.05, 0.1) is 10.3 Å². The van der Waals surface area contributed by atoms with Gasteiger partial charge in [-0.25, -0.2) is 0 Å². The van der Waals surface area contributed by atoms with Crippen molar-refractivity contribution in [3.05, 3.63) is 68.7 Å². The topological polar surface area (TPSA) is 98.5 Å². The number of halogens is 1. The largest absolute Gasteiger partial charge is 0.455 e. The zero-order valence-electron chi connectivity index (χ0n) is 15.2. The van der Waals surface area contributed by atoms with Crippen LogP contribution in [-0.4, -0.2) is 23.4 Å². The second-order valence-electron chi connectivity index (χ2n) is 6.82. The van der Waals surface area contributed by atoms with Gasteiger partial charge in [0.15, 0.2) is 6.61 Å². The number of nitro benzene ring substituents is 1. The third kappa shape index (κ3) is 3.99. The molecule has 2 aromatic rings. The van der Waals surface area contributed by atoms with E-state index in [0.29, 0.717) is 29.1 Å². The summed E-state index contributed by atoms with van der Waals surface area (Å²) in [6, 6.07) is 11.2. The number of nitrogens with zero attached hydrogens (tertiary/aromatic N) is 1. The van der Waals surface area contributed by atoms with Crippen molar-refractivity contribution >= 4 is 34.9 Å². The lowest BCUT2D eigenvalue weighted by atomic mass is 9.64. The first kappa shape index (κ1) is 19.8. The number of benzene rings is 2. The second-order valence-corrected chi connectivity index (χ2v) is 7.26. The van der Waals surface area contributed by atoms with E-state index in [-0.39, 0.29) is 5.69 Å². The van der Waals surface area contributed by atoms with Gasteiger partial charge >= 0.3 is 5.97 Å². The summed E-state index contributed by atoms with van der Waals surface area (Å²) in [5.74, 6) is -0.937. The Balaban J connectivity index is 1.62. The number of esters is 1. The maximum Gasteiger partial charge on any atom is 0.317 e. The predicted molar refractivity (Wildman–Crippen MR) is 104 cm³/mol. The van der Waals surface area contributed by atoms with Crippen LogP contribution in [0.2, 0.25) is 5.02 Å². The van der Waals surface area contributed by atoms with Crippen LogP contribution in [0.5, 0.6) is 0 Å². The Hall–Kier alpha value is -2.93. The first-order chi connectivity index (χ1) is 13.3. The van der Waals surface area contributed by atoms with Gasteiger partial charge < -0.3 is 10.1 Å². The van der Waals surface area contributed by atoms with Crippen LogP contribution in [0.25, 0.3) is 0 Å². The molecule has 1 N–H and O–H groups in total. The van der Waals surface area contributed by atoms with Crippen molar-refractivity contribution in [2.75, 3.05) is 11.9 Å². The van der Waals surface area contributed by atoms with Crippen molar-refractivity contribution in [2.24, 2.45) is 0 Å². The lowest BCUT2D eigenvalue weighted by molar-refractivity contribution is -0.384. The Morgan fingerprint density at radius 3 is 2.43 bits per heavy atom. The number of hydrogen-bond acceptors (Lipinski definition) is 5. The van der Waals surface area contributed by atoms with Gasteiger partial charge in [0.25, 0.3) is 11.6 Å². The molecule has 0 saturated heterocycles. The van der Waals surface area contributed by atoms with E-state index in [1.54, 1.807) is 19.1 Å². The molecule has 1 aliphatic carbocycles. The normalized spacial score (nSPS) is 14.6. The van der Waals surface area contributed by atoms with Gasteiger partial charge in [-0.3, -0.25) is 19.7 Å². The van der Waals surface area contributed by atoms with E-state index >= 15 is 0 Å². The number of non-ortho nitro benzene ring substituents is 1. The number of amides is 1. The minimum atomic E-state index is -0.728. The zero-order chi connectivity index (χ0) is 20.3. The van der Waals surface area contributed by atoms with Crippen LogP contribution in [-0.2, 0) is 19.7 Å². The number of nitro groups is 1. The molecule has 0 spiro atoms. The van der Waals surface area contributed by atoms with Crippen molar-refractivity contribution in [1.29, 1.82) is 0 Å². The number of aryl methyl sites for hydroxylation is 1. The third-order valence-corrected chi connectivity index (χ3v) is 5.28. The Morgan fingerprint density at radius 2 is 1.89 bits per heavy atom. The molecule has 1 amide bonds. The van der Waals surface area contributed by atoms with Crippen LogP contribution in [0, 0.1) is 17.0 Å². The fourth-order valence-electron chi connectivity index (χ4n) is 3.27. The molecule has 0 aliphatic heterocycles. The molecule has 8 heteroatoms. The van der Waals surface area contributed by atoms with E-state index in [4.69, 9.17) is 16.3 Å². The lowest BCUT2D eigenvalue weighted by Gasteiger charge is -2.39. The molecule has 0 unspecified atom stereocenters. The Bertz CT molecular complexity index is 923. The minimum Gasteiger partial charge on any atom is -0.455 e. The number of rotatable bonds is 6. The van der Waals surface area contributed by atoms with Crippen molar-refractivity contribution in [3.8, 4) is 0 Å². The predicted octanol–water partition coefficient (Wildman–Crippen LogP) is 4.16. The molecule has 1 aliphatic rings. The molecule has 0 heterocycles. The Labute approximate surface area is 166 Å². The highest BCUT2D eigenvalue weighted by Gasteiger charge is 2.47. The van der Waals surface area contributed by atoms with Gasteiger partial charge in [0.2, 0.25) is 0 Å². The summed E-state index contributed by atoms with van der Waals surface area (Å²) in [4.78, 5) is 35.1. The number of nitrogens with one attached hydrogen (secondary N) is 1. The van der Waals surface area contributed by atoms with Gasteiger partial charge in [-0.15, -0.1) is 0 Å². The monoisotopic (exact) mass is 402 g/mol. The smallest absolute Gasteiger partial charge is 0.317 e. The highest BCUT2D eigenvalue weighted by Crippen LogP contribution is 2.45. The summed E-state index contributed by atoms with van der Waals surface area (Å²) < 4.78 is 5.28. The van der Waals surface area contributed by atoms with Crippen molar-refractivity contribution < 1.29 is 19.2 Å². The quantitative estimate of drug-likeness (QED) is 0.444. The Morgan fingerprint density at radius 1 is 1.21 bits per heavy atom. The highest BCUT2D eigenvalue weighted by atomic mass is 35.5. The van der Waals surface area contributed by atoms with Crippen LogP contribution in [0.3, 0.4) is 0 Å². The van der Waals surface area contributed by atoms with Gasteiger partial charge in [-0.05, 0) is 49.1 Å². The summed E-state index contributed by atoms with van der Waals surface area (Å²) in [6.07, 6.45) is 2.24. The van der Waals surface area contributed by atoms with E-state index in [2.05, 4.69) is 5.32 Å². The summed E-state index contributed by atoms with van der Waals surface area (Å²) in [7, 11) is 0. The van der Waals surface area contributed by atoms with E-state index in [9.17, 15) is 19.7 Å². The molecule has 2 aromatic carbocycles. The van der Waals surface area contributed by atoms with Crippen molar-refractivity contribution in [1.82, 2.24) is 0 Å². The molecule has 0 aromatic heterocycles. The third-order valence-electron chi connectivity index (χ3n) is 5.02. The minimum absolute atomic E-state index is 0.0585. The van der Waals surface area contributed by atoms with E-state index in [1.165, 1.54) is 18.2 Å². The number of hydrogen-bond donors (Lipinski definition) is 1. The first-order valence-electron chi connectivity index (χ1n) is 8.80. The summed E-state index contributed by atoms with van der Waals surface area (Å²) >= 11 is 5.92. The molecular weight excluding hydrogens is 384 g/mol.